The first-order chi connectivity index (χ1) is 8.31. The van der Waals surface area contributed by atoms with E-state index in [0.717, 1.165) is 19.1 Å². The fourth-order valence-electron chi connectivity index (χ4n) is 3.39. The summed E-state index contributed by atoms with van der Waals surface area (Å²) >= 11 is 0. The molecule has 2 aliphatic heterocycles. The van der Waals surface area contributed by atoms with Crippen LogP contribution in [0.5, 0.6) is 0 Å². The van der Waals surface area contributed by atoms with Gasteiger partial charge in [0, 0.05) is 19.2 Å². The minimum absolute atomic E-state index is 0.550. The largest absolute Gasteiger partial charge is 0.378 e. The summed E-state index contributed by atoms with van der Waals surface area (Å²) in [6.45, 7) is 6.62. The smallest absolute Gasteiger partial charge is 0.0576 e. The Morgan fingerprint density at radius 2 is 2.18 bits per heavy atom. The van der Waals surface area contributed by atoms with Crippen LogP contribution in [0.1, 0.15) is 45.4 Å². The number of nitrogens with two attached hydrogens (primary N) is 1. The van der Waals surface area contributed by atoms with Crippen molar-refractivity contribution in [3.8, 4) is 0 Å². The first kappa shape index (κ1) is 13.3. The van der Waals surface area contributed by atoms with Gasteiger partial charge in [-0.3, -0.25) is 4.90 Å². The van der Waals surface area contributed by atoms with Crippen LogP contribution in [-0.4, -0.2) is 43.3 Å². The van der Waals surface area contributed by atoms with Gasteiger partial charge in [-0.2, -0.15) is 0 Å². The summed E-state index contributed by atoms with van der Waals surface area (Å²) in [7, 11) is 0. The molecule has 0 amide bonds. The zero-order chi connectivity index (χ0) is 12.1. The molecular formula is C14H28N2O. The van der Waals surface area contributed by atoms with E-state index in [1.165, 1.54) is 51.6 Å². The summed E-state index contributed by atoms with van der Waals surface area (Å²) < 4.78 is 5.67. The molecule has 2 heterocycles. The predicted molar refractivity (Wildman–Crippen MR) is 71.0 cm³/mol. The van der Waals surface area contributed by atoms with E-state index >= 15 is 0 Å². The van der Waals surface area contributed by atoms with Crippen LogP contribution in [-0.2, 0) is 4.74 Å². The number of likely N-dealkylation sites (tertiary alicyclic amines) is 1. The Labute approximate surface area is 106 Å². The fraction of sp³-hybridized carbons (Fsp3) is 1.00. The van der Waals surface area contributed by atoms with E-state index in [2.05, 4.69) is 11.8 Å². The molecule has 3 nitrogen and oxygen atoms in total. The summed E-state index contributed by atoms with van der Waals surface area (Å²) in [5.41, 5.74) is 5.91. The molecule has 100 valence electrons. The molecule has 3 atom stereocenters. The highest BCUT2D eigenvalue weighted by Gasteiger charge is 2.27. The van der Waals surface area contributed by atoms with Crippen LogP contribution in [0.2, 0.25) is 0 Å². The summed E-state index contributed by atoms with van der Waals surface area (Å²) in [6.07, 6.45) is 8.29. The zero-order valence-electron chi connectivity index (χ0n) is 11.2. The van der Waals surface area contributed by atoms with E-state index in [4.69, 9.17) is 10.5 Å². The number of rotatable bonds is 5. The van der Waals surface area contributed by atoms with Crippen LogP contribution < -0.4 is 5.73 Å². The highest BCUT2D eigenvalue weighted by molar-refractivity contribution is 4.82. The van der Waals surface area contributed by atoms with E-state index in [1.54, 1.807) is 0 Å². The maximum absolute atomic E-state index is 5.91. The highest BCUT2D eigenvalue weighted by atomic mass is 16.5. The number of piperidine rings is 1. The molecule has 0 spiro atoms. The van der Waals surface area contributed by atoms with Crippen molar-refractivity contribution >= 4 is 0 Å². The van der Waals surface area contributed by atoms with Gasteiger partial charge in [-0.05, 0) is 57.5 Å². The standard InChI is InChI=1S/C14H28N2O/c1-12-5-2-8-16(14(12)11-15)9-3-6-13-7-4-10-17-13/h12-14H,2-11,15H2,1H3. The van der Waals surface area contributed by atoms with Gasteiger partial charge in [0.25, 0.3) is 0 Å². The van der Waals surface area contributed by atoms with Gasteiger partial charge < -0.3 is 10.5 Å². The maximum Gasteiger partial charge on any atom is 0.0576 e. The first-order valence-electron chi connectivity index (χ1n) is 7.37. The van der Waals surface area contributed by atoms with Crippen molar-refractivity contribution in [2.75, 3.05) is 26.2 Å². The first-order valence-corrected chi connectivity index (χ1v) is 7.37. The van der Waals surface area contributed by atoms with Crippen LogP contribution in [0, 0.1) is 5.92 Å². The second kappa shape index (κ2) is 6.72. The van der Waals surface area contributed by atoms with E-state index < -0.39 is 0 Å². The average molecular weight is 240 g/mol. The molecule has 2 fully saturated rings. The van der Waals surface area contributed by atoms with Crippen molar-refractivity contribution < 1.29 is 4.74 Å². The molecule has 2 saturated heterocycles. The third kappa shape index (κ3) is 3.67. The average Bonchev–Trinajstić information content (AvgIpc) is 2.82. The summed E-state index contributed by atoms with van der Waals surface area (Å²) in [5.74, 6) is 0.775. The van der Waals surface area contributed by atoms with Crippen molar-refractivity contribution in [2.24, 2.45) is 11.7 Å². The minimum atomic E-state index is 0.550. The van der Waals surface area contributed by atoms with Gasteiger partial charge in [-0.25, -0.2) is 0 Å². The van der Waals surface area contributed by atoms with Crippen molar-refractivity contribution in [1.82, 2.24) is 4.90 Å². The Morgan fingerprint density at radius 3 is 2.88 bits per heavy atom. The molecule has 0 aromatic carbocycles. The second-order valence-corrected chi connectivity index (χ2v) is 5.74. The Hall–Kier alpha value is -0.120. The molecule has 2 aliphatic rings. The summed E-state index contributed by atoms with van der Waals surface area (Å²) in [4.78, 5) is 2.61. The molecular weight excluding hydrogens is 212 g/mol. The molecule has 0 bridgehead atoms. The number of ether oxygens (including phenoxy) is 1. The quantitative estimate of drug-likeness (QED) is 0.799. The van der Waals surface area contributed by atoms with Crippen LogP contribution in [0.3, 0.4) is 0 Å². The zero-order valence-corrected chi connectivity index (χ0v) is 11.2. The van der Waals surface area contributed by atoms with Gasteiger partial charge in [0.1, 0.15) is 0 Å². The van der Waals surface area contributed by atoms with Crippen molar-refractivity contribution in [1.29, 1.82) is 0 Å². The molecule has 17 heavy (non-hydrogen) atoms. The molecule has 0 aliphatic carbocycles. The Bertz CT molecular complexity index is 216. The topological polar surface area (TPSA) is 38.5 Å². The normalized spacial score (nSPS) is 35.3. The van der Waals surface area contributed by atoms with Crippen LogP contribution in [0.4, 0.5) is 0 Å². The number of hydrogen-bond donors (Lipinski definition) is 1. The fourth-order valence-corrected chi connectivity index (χ4v) is 3.39. The Kier molecular flexibility index (Phi) is 5.26. The second-order valence-electron chi connectivity index (χ2n) is 5.74. The van der Waals surface area contributed by atoms with Gasteiger partial charge in [0.15, 0.2) is 0 Å². The lowest BCUT2D eigenvalue weighted by Gasteiger charge is -2.39. The monoisotopic (exact) mass is 240 g/mol. The van der Waals surface area contributed by atoms with Crippen LogP contribution in [0.15, 0.2) is 0 Å². The van der Waals surface area contributed by atoms with Crippen molar-refractivity contribution in [3.63, 3.8) is 0 Å². The van der Waals surface area contributed by atoms with Gasteiger partial charge in [0.05, 0.1) is 6.10 Å². The lowest BCUT2D eigenvalue weighted by Crippen LogP contribution is -2.48. The SMILES string of the molecule is CC1CCCN(CCCC2CCCO2)C1CN. The Balaban J connectivity index is 1.69. The molecule has 3 unspecified atom stereocenters. The summed E-state index contributed by atoms with van der Waals surface area (Å²) in [5, 5.41) is 0. The van der Waals surface area contributed by atoms with Gasteiger partial charge >= 0.3 is 0 Å². The lowest BCUT2D eigenvalue weighted by molar-refractivity contribution is 0.0803. The van der Waals surface area contributed by atoms with Gasteiger partial charge in [-0.15, -0.1) is 0 Å². The summed E-state index contributed by atoms with van der Waals surface area (Å²) in [6, 6.07) is 0.619. The maximum atomic E-state index is 5.91. The number of hydrogen-bond acceptors (Lipinski definition) is 3. The van der Waals surface area contributed by atoms with E-state index in [1.807, 2.05) is 0 Å². The minimum Gasteiger partial charge on any atom is -0.378 e. The predicted octanol–water partition coefficient (Wildman–Crippen LogP) is 2.00. The highest BCUT2D eigenvalue weighted by Crippen LogP contribution is 2.23. The molecule has 0 saturated carbocycles. The van der Waals surface area contributed by atoms with Crippen molar-refractivity contribution in [2.45, 2.75) is 57.6 Å². The molecule has 0 aromatic heterocycles. The molecule has 2 N–H and O–H groups in total. The van der Waals surface area contributed by atoms with E-state index in [9.17, 15) is 0 Å². The van der Waals surface area contributed by atoms with Crippen molar-refractivity contribution in [3.05, 3.63) is 0 Å². The van der Waals surface area contributed by atoms with Crippen LogP contribution in [0.25, 0.3) is 0 Å². The Morgan fingerprint density at radius 1 is 1.29 bits per heavy atom. The molecule has 0 aromatic rings. The van der Waals surface area contributed by atoms with Crippen LogP contribution >= 0.6 is 0 Å². The molecule has 2 rings (SSSR count). The molecule has 0 radical (unpaired) electrons. The number of nitrogens with zero attached hydrogens (tertiary/aromatic N) is 1. The third-order valence-corrected chi connectivity index (χ3v) is 4.47. The lowest BCUT2D eigenvalue weighted by atomic mass is 9.90. The van der Waals surface area contributed by atoms with E-state index in [-0.39, 0.29) is 0 Å². The molecule has 3 heteroatoms. The van der Waals surface area contributed by atoms with E-state index in [0.29, 0.717) is 12.1 Å². The van der Waals surface area contributed by atoms with Gasteiger partial charge in [0.2, 0.25) is 0 Å². The third-order valence-electron chi connectivity index (χ3n) is 4.47. The van der Waals surface area contributed by atoms with Gasteiger partial charge in [-0.1, -0.05) is 6.92 Å².